The quantitative estimate of drug-likeness (QED) is 0.786. The van der Waals surface area contributed by atoms with Gasteiger partial charge in [0.15, 0.2) is 0 Å². The van der Waals surface area contributed by atoms with E-state index in [1.807, 2.05) is 0 Å². The van der Waals surface area contributed by atoms with Crippen molar-refractivity contribution >= 4 is 23.6 Å². The summed E-state index contributed by atoms with van der Waals surface area (Å²) in [4.78, 5) is 29.3. The summed E-state index contributed by atoms with van der Waals surface area (Å²) in [7, 11) is 1.34. The number of hydrogen-bond donors (Lipinski definition) is 1. The third kappa shape index (κ3) is 5.45. The fraction of sp³-hybridized carbons (Fsp3) is 0.588. The average molecular weight is 388 g/mol. The zero-order chi connectivity index (χ0) is 19.5. The van der Waals surface area contributed by atoms with Crippen molar-refractivity contribution in [2.24, 2.45) is 0 Å². The molecule has 2 rings (SSSR count). The van der Waals surface area contributed by atoms with Crippen LogP contribution in [0.4, 0.5) is 9.18 Å². The molecule has 9 heteroatoms. The standard InChI is InChI=1S/C17H23ClFN3O4/c1-17(2,3)26-16(24)22(8-10-5-6-14(23)20-10)9-11-12(19)7-13(18)21-15(11)25-4/h7,10H,5-6,8-9H2,1-4H3,(H,20,23)/t10-/m0/s1. The van der Waals surface area contributed by atoms with Gasteiger partial charge in [0.1, 0.15) is 16.6 Å². The first-order valence-corrected chi connectivity index (χ1v) is 8.63. The van der Waals surface area contributed by atoms with Gasteiger partial charge in [0.05, 0.1) is 19.2 Å². The monoisotopic (exact) mass is 387 g/mol. The minimum Gasteiger partial charge on any atom is -0.481 e. The van der Waals surface area contributed by atoms with E-state index in [1.54, 1.807) is 20.8 Å². The molecule has 1 atom stereocenters. The number of hydrogen-bond acceptors (Lipinski definition) is 5. The van der Waals surface area contributed by atoms with Crippen LogP contribution < -0.4 is 10.1 Å². The van der Waals surface area contributed by atoms with Gasteiger partial charge >= 0.3 is 6.09 Å². The molecule has 0 bridgehead atoms. The van der Waals surface area contributed by atoms with Gasteiger partial charge in [0.25, 0.3) is 0 Å². The highest BCUT2D eigenvalue weighted by atomic mass is 35.5. The fourth-order valence-corrected chi connectivity index (χ4v) is 2.78. The van der Waals surface area contributed by atoms with Gasteiger partial charge in [-0.2, -0.15) is 0 Å². The summed E-state index contributed by atoms with van der Waals surface area (Å²) in [6.07, 6.45) is 0.374. The lowest BCUT2D eigenvalue weighted by Gasteiger charge is -2.29. The Morgan fingerprint density at radius 1 is 1.50 bits per heavy atom. The molecule has 0 aliphatic carbocycles. The lowest BCUT2D eigenvalue weighted by Crippen LogP contribution is -2.44. The normalized spacial score (nSPS) is 17.0. The third-order valence-electron chi connectivity index (χ3n) is 3.72. The van der Waals surface area contributed by atoms with E-state index < -0.39 is 17.5 Å². The van der Waals surface area contributed by atoms with Crippen LogP contribution in [0.1, 0.15) is 39.2 Å². The Morgan fingerprint density at radius 3 is 2.73 bits per heavy atom. The maximum absolute atomic E-state index is 14.4. The van der Waals surface area contributed by atoms with Gasteiger partial charge in [-0.3, -0.25) is 4.79 Å². The Kier molecular flexibility index (Phi) is 6.28. The Labute approximate surface area is 156 Å². The van der Waals surface area contributed by atoms with Crippen molar-refractivity contribution in [3.8, 4) is 5.88 Å². The van der Waals surface area contributed by atoms with Crippen LogP contribution >= 0.6 is 11.6 Å². The van der Waals surface area contributed by atoms with E-state index in [4.69, 9.17) is 21.1 Å². The summed E-state index contributed by atoms with van der Waals surface area (Å²) in [5, 5.41) is 2.74. The molecule has 2 amide bonds. The molecule has 1 fully saturated rings. The van der Waals surface area contributed by atoms with E-state index in [0.717, 1.165) is 6.07 Å². The first kappa shape index (κ1) is 20.2. The molecular formula is C17H23ClFN3O4. The predicted molar refractivity (Wildman–Crippen MR) is 93.6 cm³/mol. The number of rotatable bonds is 5. The fourth-order valence-electron chi connectivity index (χ4n) is 2.60. The predicted octanol–water partition coefficient (Wildman–Crippen LogP) is 2.90. The molecule has 26 heavy (non-hydrogen) atoms. The Hall–Kier alpha value is -2.09. The van der Waals surface area contributed by atoms with E-state index in [9.17, 15) is 14.0 Å². The van der Waals surface area contributed by atoms with Crippen LogP contribution in [0.15, 0.2) is 6.07 Å². The molecule has 0 saturated carbocycles. The van der Waals surface area contributed by atoms with Gasteiger partial charge in [-0.15, -0.1) is 0 Å². The van der Waals surface area contributed by atoms with Crippen LogP contribution in [0, 0.1) is 5.82 Å². The van der Waals surface area contributed by atoms with Crippen molar-refractivity contribution in [2.45, 2.75) is 51.8 Å². The molecule has 2 heterocycles. The second kappa shape index (κ2) is 8.07. The molecule has 0 aromatic carbocycles. The molecule has 1 aromatic heterocycles. The van der Waals surface area contributed by atoms with Gasteiger partial charge < -0.3 is 19.7 Å². The van der Waals surface area contributed by atoms with Crippen molar-refractivity contribution in [1.82, 2.24) is 15.2 Å². The summed E-state index contributed by atoms with van der Waals surface area (Å²) in [6.45, 7) is 5.29. The molecule has 0 spiro atoms. The van der Waals surface area contributed by atoms with Gasteiger partial charge in [0, 0.05) is 25.1 Å². The van der Waals surface area contributed by atoms with E-state index in [1.165, 1.54) is 12.0 Å². The highest BCUT2D eigenvalue weighted by Gasteiger charge is 2.30. The summed E-state index contributed by atoms with van der Waals surface area (Å²) >= 11 is 5.76. The second-order valence-corrected chi connectivity index (χ2v) is 7.47. The van der Waals surface area contributed by atoms with E-state index in [2.05, 4.69) is 10.3 Å². The van der Waals surface area contributed by atoms with Crippen molar-refractivity contribution in [2.75, 3.05) is 13.7 Å². The van der Waals surface area contributed by atoms with Crippen LogP contribution in [-0.4, -0.2) is 47.2 Å². The Balaban J connectivity index is 2.26. The van der Waals surface area contributed by atoms with Crippen molar-refractivity contribution in [1.29, 1.82) is 0 Å². The second-order valence-electron chi connectivity index (χ2n) is 7.08. The van der Waals surface area contributed by atoms with Crippen molar-refractivity contribution in [3.05, 3.63) is 22.6 Å². The lowest BCUT2D eigenvalue weighted by atomic mass is 10.2. The van der Waals surface area contributed by atoms with Gasteiger partial charge in [0.2, 0.25) is 11.8 Å². The summed E-state index contributed by atoms with van der Waals surface area (Å²) in [5.41, 5.74) is -0.623. The number of carbonyl (C=O) groups excluding carboxylic acids is 2. The smallest absolute Gasteiger partial charge is 0.410 e. The van der Waals surface area contributed by atoms with Gasteiger partial charge in [-0.25, -0.2) is 14.2 Å². The zero-order valence-electron chi connectivity index (χ0n) is 15.3. The molecule has 1 aromatic rings. The molecule has 1 aliphatic heterocycles. The van der Waals surface area contributed by atoms with Gasteiger partial charge in [-0.05, 0) is 27.2 Å². The largest absolute Gasteiger partial charge is 0.481 e. The van der Waals surface area contributed by atoms with Gasteiger partial charge in [-0.1, -0.05) is 11.6 Å². The number of methoxy groups -OCH3 is 1. The number of pyridine rings is 1. The van der Waals surface area contributed by atoms with E-state index in [0.29, 0.717) is 12.8 Å². The molecule has 0 radical (unpaired) electrons. The highest BCUT2D eigenvalue weighted by Crippen LogP contribution is 2.25. The highest BCUT2D eigenvalue weighted by molar-refractivity contribution is 6.29. The number of carbonyl (C=O) groups is 2. The minimum atomic E-state index is -0.713. The maximum atomic E-state index is 14.4. The summed E-state index contributed by atoms with van der Waals surface area (Å²) in [5.74, 6) is -0.707. The molecular weight excluding hydrogens is 365 g/mol. The third-order valence-corrected chi connectivity index (χ3v) is 3.91. The molecule has 1 N–H and O–H groups in total. The number of nitrogens with one attached hydrogen (secondary N) is 1. The SMILES string of the molecule is COc1nc(Cl)cc(F)c1CN(C[C@@H]1CCC(=O)N1)C(=O)OC(C)(C)C. The van der Waals surface area contributed by atoms with Crippen molar-refractivity contribution < 1.29 is 23.5 Å². The maximum Gasteiger partial charge on any atom is 0.410 e. The van der Waals surface area contributed by atoms with Crippen LogP contribution in [0.25, 0.3) is 0 Å². The first-order chi connectivity index (χ1) is 12.1. The zero-order valence-corrected chi connectivity index (χ0v) is 16.0. The molecule has 7 nitrogen and oxygen atoms in total. The molecule has 1 aliphatic rings. The minimum absolute atomic E-state index is 0.000911. The number of amides is 2. The molecule has 144 valence electrons. The average Bonchev–Trinajstić information content (AvgIpc) is 2.91. The van der Waals surface area contributed by atoms with Crippen LogP contribution in [-0.2, 0) is 16.1 Å². The summed E-state index contributed by atoms with van der Waals surface area (Å²) in [6, 6.07) is 0.841. The molecule has 1 saturated heterocycles. The van der Waals surface area contributed by atoms with Crippen LogP contribution in [0.5, 0.6) is 5.88 Å². The first-order valence-electron chi connectivity index (χ1n) is 8.25. The Morgan fingerprint density at radius 2 is 2.19 bits per heavy atom. The van der Waals surface area contributed by atoms with Crippen LogP contribution in [0.3, 0.4) is 0 Å². The number of halogens is 2. The number of aromatic nitrogens is 1. The lowest BCUT2D eigenvalue weighted by molar-refractivity contribution is -0.119. The topological polar surface area (TPSA) is 80.8 Å². The van der Waals surface area contributed by atoms with Crippen molar-refractivity contribution in [3.63, 3.8) is 0 Å². The molecule has 0 unspecified atom stereocenters. The van der Waals surface area contributed by atoms with Crippen LogP contribution in [0.2, 0.25) is 5.15 Å². The number of ether oxygens (including phenoxy) is 2. The van der Waals surface area contributed by atoms with E-state index in [-0.39, 0.29) is 41.6 Å². The Bertz CT molecular complexity index is 693. The van der Waals surface area contributed by atoms with E-state index >= 15 is 0 Å². The summed E-state index contributed by atoms with van der Waals surface area (Å²) < 4.78 is 24.9. The number of nitrogens with zero attached hydrogens (tertiary/aromatic N) is 2.